The van der Waals surface area contributed by atoms with Crippen LogP contribution in [0, 0.1) is 11.8 Å². The fraction of sp³-hybridized carbons (Fsp3) is 0.975. The van der Waals surface area contributed by atoms with E-state index in [-0.39, 0.29) is 19.6 Å². The van der Waals surface area contributed by atoms with Crippen LogP contribution in [0.3, 0.4) is 0 Å². The molecular weight excluding hydrogens is 608 g/mol. The van der Waals surface area contributed by atoms with Gasteiger partial charge >= 0.3 is 5.97 Å². The van der Waals surface area contributed by atoms with E-state index in [1.54, 1.807) is 0 Å². The Kier molecular flexibility index (Phi) is 28.2. The average molecular weight is 687 g/mol. The van der Waals surface area contributed by atoms with E-state index in [9.17, 15) is 25.2 Å². The Hall–Kier alpha value is -0.770. The fourth-order valence-electron chi connectivity index (χ4n) is 6.82. The van der Waals surface area contributed by atoms with Crippen molar-refractivity contribution in [2.45, 2.75) is 218 Å². The summed E-state index contributed by atoms with van der Waals surface area (Å²) in [4.78, 5) is 12.5. The summed E-state index contributed by atoms with van der Waals surface area (Å²) >= 11 is 0. The van der Waals surface area contributed by atoms with Gasteiger partial charge in [-0.3, -0.25) is 4.79 Å². The summed E-state index contributed by atoms with van der Waals surface area (Å²) in [5, 5.41) is 41.4. The van der Waals surface area contributed by atoms with Crippen LogP contribution in [0.2, 0.25) is 0 Å². The van der Waals surface area contributed by atoms with Crippen molar-refractivity contribution in [3.63, 3.8) is 0 Å². The maximum atomic E-state index is 12.5. The van der Waals surface area contributed by atoms with E-state index >= 15 is 0 Å². The second-order valence-electron chi connectivity index (χ2n) is 15.1. The predicted molar refractivity (Wildman–Crippen MR) is 195 cm³/mol. The maximum absolute atomic E-state index is 12.5. The lowest BCUT2D eigenvalue weighted by Gasteiger charge is -2.24. The van der Waals surface area contributed by atoms with Gasteiger partial charge < -0.3 is 34.6 Å². The number of aliphatic hydroxyl groups is 4. The summed E-state index contributed by atoms with van der Waals surface area (Å²) in [6.07, 6.45) is 20.8. The van der Waals surface area contributed by atoms with Gasteiger partial charge in [-0.15, -0.1) is 0 Å². The van der Waals surface area contributed by atoms with Crippen molar-refractivity contribution >= 4 is 5.97 Å². The monoisotopic (exact) mass is 687 g/mol. The number of hydrogen-bond donors (Lipinski definition) is 4. The highest BCUT2D eigenvalue weighted by molar-refractivity contribution is 5.69. The SMILES string of the molecule is CCCCCCC(C)CCCCCCCCCOCC(O)COC1C(O)C(O)C(O)C1OC(=O)CCCCCCCCC(C)CCCC. The number of carbonyl (C=O) groups is 1. The third-order valence-electron chi connectivity index (χ3n) is 10.2. The van der Waals surface area contributed by atoms with E-state index in [4.69, 9.17) is 14.2 Å². The van der Waals surface area contributed by atoms with E-state index < -0.39 is 42.6 Å². The van der Waals surface area contributed by atoms with Gasteiger partial charge in [-0.25, -0.2) is 0 Å². The molecule has 1 aliphatic rings. The van der Waals surface area contributed by atoms with Crippen molar-refractivity contribution in [1.82, 2.24) is 0 Å². The molecule has 1 saturated carbocycles. The number of unbranched alkanes of at least 4 members (excludes halogenated alkanes) is 15. The summed E-state index contributed by atoms with van der Waals surface area (Å²) in [6.45, 7) is 9.74. The first-order valence-corrected chi connectivity index (χ1v) is 20.3. The van der Waals surface area contributed by atoms with Gasteiger partial charge in [0.1, 0.15) is 30.5 Å². The van der Waals surface area contributed by atoms with Gasteiger partial charge in [-0.05, 0) is 24.7 Å². The lowest BCUT2D eigenvalue weighted by Crippen LogP contribution is -2.41. The summed E-state index contributed by atoms with van der Waals surface area (Å²) in [7, 11) is 0. The minimum Gasteiger partial charge on any atom is -0.457 e. The van der Waals surface area contributed by atoms with E-state index in [1.807, 2.05) is 0 Å². The first-order chi connectivity index (χ1) is 23.2. The molecule has 8 nitrogen and oxygen atoms in total. The van der Waals surface area contributed by atoms with Gasteiger partial charge in [0, 0.05) is 13.0 Å². The summed E-state index contributed by atoms with van der Waals surface area (Å²) < 4.78 is 16.7. The van der Waals surface area contributed by atoms with Crippen LogP contribution in [-0.4, -0.2) is 82.8 Å². The minimum atomic E-state index is -1.49. The summed E-state index contributed by atoms with van der Waals surface area (Å²) in [5.41, 5.74) is 0. The Morgan fingerprint density at radius 1 is 0.562 bits per heavy atom. The molecule has 1 fully saturated rings. The van der Waals surface area contributed by atoms with Crippen molar-refractivity contribution in [1.29, 1.82) is 0 Å². The molecule has 1 rings (SSSR count). The largest absolute Gasteiger partial charge is 0.457 e. The van der Waals surface area contributed by atoms with Crippen molar-refractivity contribution < 1.29 is 39.4 Å². The first-order valence-electron chi connectivity index (χ1n) is 20.3. The molecule has 286 valence electrons. The zero-order chi connectivity index (χ0) is 35.4. The van der Waals surface area contributed by atoms with Gasteiger partial charge in [0.05, 0.1) is 13.2 Å². The van der Waals surface area contributed by atoms with Crippen LogP contribution in [0.15, 0.2) is 0 Å². The van der Waals surface area contributed by atoms with E-state index in [1.165, 1.54) is 109 Å². The van der Waals surface area contributed by atoms with E-state index in [0.717, 1.165) is 43.9 Å². The summed E-state index contributed by atoms with van der Waals surface area (Å²) in [5.74, 6) is 1.18. The Bertz CT molecular complexity index is 736. The predicted octanol–water partition coefficient (Wildman–Crippen LogP) is 8.43. The molecule has 0 aromatic carbocycles. The second-order valence-corrected chi connectivity index (χ2v) is 15.1. The standard InChI is InChI=1S/C40H78O8/c1-5-7-9-19-25-33(4)27-21-15-11-10-14-18-23-29-46-30-34(41)31-47-39-37(44)36(43)38(45)40(39)48-35(42)28-22-17-13-12-16-20-26-32(3)24-8-6-2/h32-34,36-41,43-45H,5-31H2,1-4H3. The van der Waals surface area contributed by atoms with Crippen molar-refractivity contribution in [3.8, 4) is 0 Å². The van der Waals surface area contributed by atoms with Gasteiger partial charge in [0.25, 0.3) is 0 Å². The molecule has 0 amide bonds. The number of rotatable bonds is 33. The normalized spacial score (nSPS) is 23.0. The highest BCUT2D eigenvalue weighted by Crippen LogP contribution is 2.28. The van der Waals surface area contributed by atoms with Crippen molar-refractivity contribution in [3.05, 3.63) is 0 Å². The topological polar surface area (TPSA) is 126 Å². The van der Waals surface area contributed by atoms with Crippen LogP contribution < -0.4 is 0 Å². The third kappa shape index (κ3) is 22.1. The quantitative estimate of drug-likeness (QED) is 0.0401. The maximum Gasteiger partial charge on any atom is 0.306 e. The number of hydrogen-bond acceptors (Lipinski definition) is 8. The van der Waals surface area contributed by atoms with Crippen LogP contribution in [-0.2, 0) is 19.0 Å². The van der Waals surface area contributed by atoms with Crippen LogP contribution >= 0.6 is 0 Å². The number of aliphatic hydroxyl groups excluding tert-OH is 4. The molecule has 8 atom stereocenters. The van der Waals surface area contributed by atoms with Crippen LogP contribution in [0.5, 0.6) is 0 Å². The van der Waals surface area contributed by atoms with Gasteiger partial charge in [0.2, 0.25) is 0 Å². The lowest BCUT2D eigenvalue weighted by atomic mass is 9.96. The van der Waals surface area contributed by atoms with Crippen LogP contribution in [0.1, 0.15) is 182 Å². The van der Waals surface area contributed by atoms with E-state index in [2.05, 4.69) is 27.7 Å². The fourth-order valence-corrected chi connectivity index (χ4v) is 6.82. The molecule has 0 aromatic heterocycles. The third-order valence-corrected chi connectivity index (χ3v) is 10.2. The Morgan fingerprint density at radius 3 is 1.58 bits per heavy atom. The molecule has 0 radical (unpaired) electrons. The van der Waals surface area contributed by atoms with Gasteiger partial charge in [-0.1, -0.05) is 163 Å². The molecule has 8 heteroatoms. The highest BCUT2D eigenvalue weighted by atomic mass is 16.6. The molecule has 0 spiro atoms. The van der Waals surface area contributed by atoms with Gasteiger partial charge in [-0.2, -0.15) is 0 Å². The molecule has 0 aliphatic heterocycles. The van der Waals surface area contributed by atoms with Crippen LogP contribution in [0.25, 0.3) is 0 Å². The Labute approximate surface area is 295 Å². The number of ether oxygens (including phenoxy) is 3. The molecule has 0 heterocycles. The summed E-state index contributed by atoms with van der Waals surface area (Å²) in [6, 6.07) is 0. The molecule has 0 saturated heterocycles. The smallest absolute Gasteiger partial charge is 0.306 e. The van der Waals surface area contributed by atoms with Crippen LogP contribution in [0.4, 0.5) is 0 Å². The average Bonchev–Trinajstić information content (AvgIpc) is 3.26. The molecule has 48 heavy (non-hydrogen) atoms. The molecule has 8 unspecified atom stereocenters. The second kappa shape index (κ2) is 29.9. The molecule has 0 aromatic rings. The molecular formula is C40H78O8. The Morgan fingerprint density at radius 2 is 1.02 bits per heavy atom. The zero-order valence-electron chi connectivity index (χ0n) is 31.6. The van der Waals surface area contributed by atoms with Gasteiger partial charge in [0.15, 0.2) is 6.10 Å². The molecule has 1 aliphatic carbocycles. The Balaban J connectivity index is 2.12. The van der Waals surface area contributed by atoms with Crippen molar-refractivity contribution in [2.24, 2.45) is 11.8 Å². The number of carbonyl (C=O) groups excluding carboxylic acids is 1. The van der Waals surface area contributed by atoms with E-state index in [0.29, 0.717) is 13.0 Å². The number of esters is 1. The zero-order valence-corrected chi connectivity index (χ0v) is 31.6. The molecule has 4 N–H and O–H groups in total. The first kappa shape index (κ1) is 45.3. The lowest BCUT2D eigenvalue weighted by molar-refractivity contribution is -0.168. The minimum absolute atomic E-state index is 0.0902. The molecule has 0 bridgehead atoms. The highest BCUT2D eigenvalue weighted by Gasteiger charge is 2.52. The van der Waals surface area contributed by atoms with Crippen molar-refractivity contribution in [2.75, 3.05) is 19.8 Å².